The van der Waals surface area contributed by atoms with Crippen LogP contribution in [0.2, 0.25) is 0 Å². The van der Waals surface area contributed by atoms with Crippen LogP contribution in [-0.4, -0.2) is 16.6 Å². The van der Waals surface area contributed by atoms with Crippen molar-refractivity contribution < 1.29 is 25.8 Å². The number of para-hydroxylation sites is 1. The summed E-state index contributed by atoms with van der Waals surface area (Å²) in [5.74, 6) is 2.05. The van der Waals surface area contributed by atoms with Crippen molar-refractivity contribution in [2.45, 2.75) is 66.2 Å². The number of hydrogen-bond donors (Lipinski definition) is 0. The van der Waals surface area contributed by atoms with Crippen LogP contribution < -0.4 is 14.5 Å². The van der Waals surface area contributed by atoms with E-state index >= 15 is 0 Å². The maximum atomic E-state index is 6.60. The maximum Gasteiger partial charge on any atom is 0.136 e. The molecule has 9 rings (SSSR count). The average molecular weight is 953 g/mol. The molecule has 0 saturated carbocycles. The minimum atomic E-state index is -0.0450. The van der Waals surface area contributed by atoms with Gasteiger partial charge in [0, 0.05) is 55.7 Å². The van der Waals surface area contributed by atoms with Crippen LogP contribution in [-0.2, 0) is 31.9 Å². The molecule has 3 heterocycles. The smallest absolute Gasteiger partial charge is 0.136 e. The Balaban J connectivity index is 0.00000484. The number of nitrogens with zero attached hydrogens (tertiary/aromatic N) is 4. The molecular formula is C53H49N4OPt-3. The molecule has 0 saturated heterocycles. The van der Waals surface area contributed by atoms with Gasteiger partial charge in [-0.3, -0.25) is 0 Å². The van der Waals surface area contributed by atoms with Crippen LogP contribution in [0, 0.1) is 32.6 Å². The van der Waals surface area contributed by atoms with Crippen molar-refractivity contribution in [2.75, 3.05) is 16.8 Å². The molecule has 0 aliphatic carbocycles. The molecule has 0 atom stereocenters. The van der Waals surface area contributed by atoms with E-state index in [-0.39, 0.29) is 31.9 Å². The molecule has 300 valence electrons. The fourth-order valence-electron chi connectivity index (χ4n) is 8.45. The van der Waals surface area contributed by atoms with Crippen LogP contribution in [0.25, 0.3) is 49.9 Å². The van der Waals surface area contributed by atoms with Crippen molar-refractivity contribution >= 4 is 38.9 Å². The summed E-state index contributed by atoms with van der Waals surface area (Å²) in [6.45, 7) is 20.2. The van der Waals surface area contributed by atoms with Gasteiger partial charge in [-0.05, 0) is 112 Å². The van der Waals surface area contributed by atoms with Crippen LogP contribution in [0.4, 0.5) is 17.1 Å². The molecule has 2 aromatic heterocycles. The average Bonchev–Trinajstić information content (AvgIpc) is 3.70. The van der Waals surface area contributed by atoms with Crippen LogP contribution in [0.15, 0.2) is 128 Å². The van der Waals surface area contributed by atoms with Gasteiger partial charge in [0.2, 0.25) is 0 Å². The third kappa shape index (κ3) is 7.36. The van der Waals surface area contributed by atoms with Gasteiger partial charge in [0.25, 0.3) is 0 Å². The molecule has 0 radical (unpaired) electrons. The van der Waals surface area contributed by atoms with Crippen molar-refractivity contribution in [1.29, 1.82) is 0 Å². The zero-order valence-corrected chi connectivity index (χ0v) is 37.5. The quantitative estimate of drug-likeness (QED) is 0.156. The van der Waals surface area contributed by atoms with Crippen molar-refractivity contribution in [3.05, 3.63) is 169 Å². The Morgan fingerprint density at radius 2 is 1.39 bits per heavy atom. The van der Waals surface area contributed by atoms with Gasteiger partial charge >= 0.3 is 0 Å². The topological polar surface area (TPSA) is 33.5 Å². The van der Waals surface area contributed by atoms with E-state index in [4.69, 9.17) is 9.72 Å². The molecule has 59 heavy (non-hydrogen) atoms. The van der Waals surface area contributed by atoms with Crippen molar-refractivity contribution in [2.24, 2.45) is 0 Å². The Hall–Kier alpha value is -5.64. The van der Waals surface area contributed by atoms with Gasteiger partial charge in [-0.25, -0.2) is 4.98 Å². The largest absolute Gasteiger partial charge is 0.509 e. The summed E-state index contributed by atoms with van der Waals surface area (Å²) in [7, 11) is 2.08. The summed E-state index contributed by atoms with van der Waals surface area (Å²) >= 11 is 0. The Labute approximate surface area is 363 Å². The second kappa shape index (κ2) is 15.2. The first-order valence-electron chi connectivity index (χ1n) is 20.1. The van der Waals surface area contributed by atoms with E-state index in [1.54, 1.807) is 0 Å². The van der Waals surface area contributed by atoms with E-state index in [1.165, 1.54) is 38.9 Å². The molecule has 0 N–H and O–H groups in total. The molecule has 1 aliphatic heterocycles. The van der Waals surface area contributed by atoms with Gasteiger partial charge in [0.05, 0.1) is 0 Å². The second-order valence-corrected chi connectivity index (χ2v) is 17.7. The first kappa shape index (κ1) is 40.2. The molecule has 1 aliphatic rings. The van der Waals surface area contributed by atoms with Crippen LogP contribution in [0.3, 0.4) is 0 Å². The number of aryl methyl sites for hydroxylation is 2. The Morgan fingerprint density at radius 3 is 2.15 bits per heavy atom. The summed E-state index contributed by atoms with van der Waals surface area (Å²) < 4.78 is 8.81. The fourth-order valence-corrected chi connectivity index (χ4v) is 8.45. The number of pyridine rings is 1. The molecular weight excluding hydrogens is 904 g/mol. The van der Waals surface area contributed by atoms with Gasteiger partial charge in [0.1, 0.15) is 5.82 Å². The van der Waals surface area contributed by atoms with Crippen LogP contribution in [0.1, 0.15) is 63.8 Å². The zero-order chi connectivity index (χ0) is 40.5. The van der Waals surface area contributed by atoms with Gasteiger partial charge < -0.3 is 19.1 Å². The first-order chi connectivity index (χ1) is 27.7. The first-order valence-corrected chi connectivity index (χ1v) is 20.1. The Morgan fingerprint density at radius 1 is 0.644 bits per heavy atom. The second-order valence-electron chi connectivity index (χ2n) is 17.7. The normalized spacial score (nSPS) is 12.9. The minimum Gasteiger partial charge on any atom is -0.509 e. The standard InChI is InChI=1S/C53H49N4O.Pt/c1-34-14-12-15-35(2)51(34)37-20-25-47-49(28-37)56(33-55(47)9)39-16-13-17-40(31-39)58-41-22-24-44-43-18-10-11-19-46(43)57(48(44)32-41)50-29-36(26-27-54-50)42-23-21-38(52(3,4)5)30-45(42)53(6,7)8;/h10-30,33H,1-9H3;/q-3;. The molecule has 5 nitrogen and oxygen atoms in total. The third-order valence-electron chi connectivity index (χ3n) is 11.4. The van der Waals surface area contributed by atoms with Gasteiger partial charge in [-0.1, -0.05) is 108 Å². The van der Waals surface area contributed by atoms with Crippen LogP contribution >= 0.6 is 0 Å². The Bertz CT molecular complexity index is 2860. The van der Waals surface area contributed by atoms with Crippen molar-refractivity contribution in [1.82, 2.24) is 9.55 Å². The molecule has 0 unspecified atom stereocenters. The van der Waals surface area contributed by atoms with E-state index in [2.05, 4.69) is 199 Å². The number of anilines is 3. The monoisotopic (exact) mass is 952 g/mol. The Kier molecular flexibility index (Phi) is 10.3. The SMILES string of the molecule is Cc1cccc(C)c1-c1ccc2c(c1)N(c1[c-]c(Oc3[c-]c4c(cc3)c3ccccc3n4-c3cc(-c4ccc(C(C)(C)C)cc4C(C)(C)C)ccn3)ccc1)[CH-]N2C.[Pt]. The van der Waals surface area contributed by atoms with E-state index in [0.29, 0.717) is 11.5 Å². The summed E-state index contributed by atoms with van der Waals surface area (Å²) in [5.41, 5.74) is 15.1. The number of ether oxygens (including phenoxy) is 1. The number of fused-ring (bicyclic) bond motifs is 4. The number of rotatable bonds is 6. The number of benzene rings is 6. The molecule has 0 fully saturated rings. The predicted octanol–water partition coefficient (Wildman–Crippen LogP) is 13.8. The molecule has 8 aromatic rings. The third-order valence-corrected chi connectivity index (χ3v) is 11.4. The summed E-state index contributed by atoms with van der Waals surface area (Å²) in [6.07, 6.45) is 1.92. The molecule has 0 spiro atoms. The minimum absolute atomic E-state index is 0. The van der Waals surface area contributed by atoms with E-state index in [9.17, 15) is 0 Å². The number of aromatic nitrogens is 2. The number of hydrogen-bond acceptors (Lipinski definition) is 4. The van der Waals surface area contributed by atoms with E-state index in [1.807, 2.05) is 24.4 Å². The molecule has 0 bridgehead atoms. The van der Waals surface area contributed by atoms with Gasteiger partial charge in [-0.15, -0.1) is 41.4 Å². The van der Waals surface area contributed by atoms with Crippen molar-refractivity contribution in [3.63, 3.8) is 0 Å². The van der Waals surface area contributed by atoms with E-state index in [0.717, 1.165) is 50.2 Å². The van der Waals surface area contributed by atoms with Gasteiger partial charge in [-0.2, -0.15) is 18.8 Å². The predicted molar refractivity (Wildman–Crippen MR) is 242 cm³/mol. The molecule has 6 heteroatoms. The fraction of sp³-hybridized carbons (Fsp3) is 0.208. The van der Waals surface area contributed by atoms with Crippen LogP contribution in [0.5, 0.6) is 11.5 Å². The summed E-state index contributed by atoms with van der Waals surface area (Å²) in [5, 5.41) is 2.22. The molecule has 6 aromatic carbocycles. The molecule has 0 amide bonds. The van der Waals surface area contributed by atoms with E-state index < -0.39 is 0 Å². The maximum absolute atomic E-state index is 6.60. The van der Waals surface area contributed by atoms with Gasteiger partial charge in [0.15, 0.2) is 0 Å². The summed E-state index contributed by atoms with van der Waals surface area (Å²) in [4.78, 5) is 9.31. The summed E-state index contributed by atoms with van der Waals surface area (Å²) in [6, 6.07) is 50.3. The van der Waals surface area contributed by atoms with Crippen molar-refractivity contribution in [3.8, 4) is 39.6 Å². The zero-order valence-electron chi connectivity index (χ0n) is 35.2.